The third-order valence-electron chi connectivity index (χ3n) is 1.76. The molecule has 2 rings (SSSR count). The first-order valence-corrected chi connectivity index (χ1v) is 3.96. The Hall–Kier alpha value is 0.748. The van der Waals surface area contributed by atoms with Crippen LogP contribution in [0.3, 0.4) is 0 Å². The monoisotopic (exact) mass is 356 g/mol. The van der Waals surface area contributed by atoms with Gasteiger partial charge in [0.1, 0.15) is 0 Å². The SMILES string of the molecule is [Cl-].[Cl-].[Pt+2][C]12C=CC(=CC1)C2. The topological polar surface area (TPSA) is 0 Å². The molecule has 0 spiro atoms. The van der Waals surface area contributed by atoms with Crippen molar-refractivity contribution in [1.29, 1.82) is 0 Å². The van der Waals surface area contributed by atoms with Crippen LogP contribution in [0.25, 0.3) is 0 Å². The van der Waals surface area contributed by atoms with Gasteiger partial charge in [0.25, 0.3) is 0 Å². The third kappa shape index (κ3) is 1.67. The summed E-state index contributed by atoms with van der Waals surface area (Å²) in [5.41, 5.74) is 1.54. The standard InChI is InChI=1S/C7H7.2ClH.Pt/c1-2-7-4-3-6(1)5-7;;;/h1-3H,4-5H2;2*1H;/q;;;+2/p-2. The molecule has 0 heterocycles. The Kier molecular flexibility index (Phi) is 3.69. The van der Waals surface area contributed by atoms with Gasteiger partial charge in [0.2, 0.25) is 0 Å². The van der Waals surface area contributed by atoms with E-state index in [0.29, 0.717) is 3.80 Å². The van der Waals surface area contributed by atoms with E-state index in [4.69, 9.17) is 0 Å². The summed E-state index contributed by atoms with van der Waals surface area (Å²) in [6.45, 7) is 0. The molecule has 0 aromatic carbocycles. The van der Waals surface area contributed by atoms with E-state index in [9.17, 15) is 0 Å². The first kappa shape index (κ1) is 10.7. The van der Waals surface area contributed by atoms with Crippen LogP contribution in [0.1, 0.15) is 12.8 Å². The zero-order valence-electron chi connectivity index (χ0n) is 5.22. The van der Waals surface area contributed by atoms with Crippen molar-refractivity contribution in [3.05, 3.63) is 23.8 Å². The minimum atomic E-state index is 0. The van der Waals surface area contributed by atoms with Crippen LogP contribution in [-0.4, -0.2) is 0 Å². The summed E-state index contributed by atoms with van der Waals surface area (Å²) < 4.78 is 0.509. The molecule has 0 amide bonds. The molecule has 0 aliphatic heterocycles. The van der Waals surface area contributed by atoms with Crippen LogP contribution in [0.15, 0.2) is 23.8 Å². The predicted octanol–water partition coefficient (Wildman–Crippen LogP) is -4.01. The Balaban J connectivity index is 0.000000405. The molecule has 1 atom stereocenters. The summed E-state index contributed by atoms with van der Waals surface area (Å²) in [6.07, 6.45) is 9.46. The van der Waals surface area contributed by atoms with Crippen molar-refractivity contribution in [3.63, 3.8) is 0 Å². The average Bonchev–Trinajstić information content (AvgIpc) is 2.21. The van der Waals surface area contributed by atoms with Crippen LogP contribution in [-0.2, 0) is 19.8 Å². The van der Waals surface area contributed by atoms with Gasteiger partial charge in [-0.05, 0) is 0 Å². The van der Waals surface area contributed by atoms with Gasteiger partial charge < -0.3 is 24.8 Å². The summed E-state index contributed by atoms with van der Waals surface area (Å²) in [7, 11) is 0. The molecular formula is C7H7Cl2Pt. The number of hydrogen-bond acceptors (Lipinski definition) is 0. The van der Waals surface area contributed by atoms with Crippen LogP contribution in [0, 0.1) is 0 Å². The maximum atomic E-state index is 2.52. The molecule has 2 aliphatic carbocycles. The number of allylic oxidation sites excluding steroid dienone is 4. The molecule has 0 aromatic heterocycles. The minimum absolute atomic E-state index is 0. The van der Waals surface area contributed by atoms with Crippen molar-refractivity contribution in [2.75, 3.05) is 0 Å². The molecular weight excluding hydrogens is 350 g/mol. The second-order valence-electron chi connectivity index (χ2n) is 2.47. The van der Waals surface area contributed by atoms with Gasteiger partial charge >= 0.3 is 60.3 Å². The van der Waals surface area contributed by atoms with Gasteiger partial charge in [-0.25, -0.2) is 0 Å². The van der Waals surface area contributed by atoms with Crippen LogP contribution in [0.4, 0.5) is 0 Å². The number of hydrogen-bond donors (Lipinski definition) is 0. The van der Waals surface area contributed by atoms with Gasteiger partial charge in [-0.15, -0.1) is 0 Å². The van der Waals surface area contributed by atoms with E-state index in [0.717, 1.165) is 0 Å². The van der Waals surface area contributed by atoms with Gasteiger partial charge in [-0.2, -0.15) is 0 Å². The maximum absolute atomic E-state index is 2.52. The fourth-order valence-electron chi connectivity index (χ4n) is 1.27. The van der Waals surface area contributed by atoms with E-state index in [-0.39, 0.29) is 24.8 Å². The molecule has 0 radical (unpaired) electrons. The molecule has 0 nitrogen and oxygen atoms in total. The molecule has 0 saturated heterocycles. The van der Waals surface area contributed by atoms with Gasteiger partial charge in [-0.3, -0.25) is 0 Å². The van der Waals surface area contributed by atoms with E-state index in [1.54, 1.807) is 5.57 Å². The van der Waals surface area contributed by atoms with Crippen molar-refractivity contribution < 1.29 is 44.6 Å². The second-order valence-corrected chi connectivity index (χ2v) is 4.73. The van der Waals surface area contributed by atoms with Gasteiger partial charge in [0.05, 0.1) is 0 Å². The van der Waals surface area contributed by atoms with Crippen molar-refractivity contribution >= 4 is 0 Å². The summed E-state index contributed by atoms with van der Waals surface area (Å²) in [4.78, 5) is 0. The van der Waals surface area contributed by atoms with E-state index in [1.807, 2.05) is 0 Å². The molecule has 0 fully saturated rings. The number of fused-ring (bicyclic) bond motifs is 2. The molecule has 10 heavy (non-hydrogen) atoms. The van der Waals surface area contributed by atoms with E-state index in [2.05, 4.69) is 38.0 Å². The second kappa shape index (κ2) is 3.43. The van der Waals surface area contributed by atoms with Gasteiger partial charge in [0.15, 0.2) is 0 Å². The summed E-state index contributed by atoms with van der Waals surface area (Å²) in [5.74, 6) is 0. The Labute approximate surface area is 84.9 Å². The zero-order chi connectivity index (χ0) is 5.61. The molecule has 1 unspecified atom stereocenters. The Morgan fingerprint density at radius 1 is 1.40 bits per heavy atom. The number of rotatable bonds is 0. The first-order chi connectivity index (χ1) is 3.79. The molecule has 59 valence electrons. The van der Waals surface area contributed by atoms with Crippen molar-refractivity contribution in [3.8, 4) is 0 Å². The van der Waals surface area contributed by atoms with E-state index >= 15 is 0 Å². The van der Waals surface area contributed by atoms with E-state index in [1.165, 1.54) is 12.8 Å². The fourth-order valence-corrected chi connectivity index (χ4v) is 2.16. The van der Waals surface area contributed by atoms with Crippen molar-refractivity contribution in [2.24, 2.45) is 0 Å². The summed E-state index contributed by atoms with van der Waals surface area (Å²) in [6, 6.07) is 0. The first-order valence-electron chi connectivity index (χ1n) is 2.83. The van der Waals surface area contributed by atoms with Gasteiger partial charge in [0, 0.05) is 0 Å². The normalized spacial score (nSPS) is 32.7. The van der Waals surface area contributed by atoms with Crippen LogP contribution < -0.4 is 24.8 Å². The molecule has 2 aliphatic rings. The van der Waals surface area contributed by atoms with Crippen LogP contribution in [0.5, 0.6) is 0 Å². The Bertz CT molecular complexity index is 186. The average molecular weight is 357 g/mol. The molecule has 0 aromatic rings. The predicted molar refractivity (Wildman–Crippen MR) is 29.1 cm³/mol. The van der Waals surface area contributed by atoms with Crippen molar-refractivity contribution in [1.82, 2.24) is 0 Å². The van der Waals surface area contributed by atoms with Crippen LogP contribution in [0.2, 0.25) is 3.80 Å². The number of halogens is 2. The summed E-state index contributed by atoms with van der Waals surface area (Å²) in [5, 5.41) is 0. The Morgan fingerprint density at radius 3 is 2.20 bits per heavy atom. The quantitative estimate of drug-likeness (QED) is 0.415. The third-order valence-corrected chi connectivity index (χ3v) is 3.01. The zero-order valence-corrected chi connectivity index (χ0v) is 9.00. The molecule has 2 bridgehead atoms. The van der Waals surface area contributed by atoms with E-state index < -0.39 is 0 Å². The molecule has 3 heteroatoms. The van der Waals surface area contributed by atoms with Crippen LogP contribution >= 0.6 is 0 Å². The molecule has 0 N–H and O–H groups in total. The molecule has 0 saturated carbocycles. The Morgan fingerprint density at radius 2 is 2.10 bits per heavy atom. The fraction of sp³-hybridized carbons (Fsp3) is 0.429. The summed E-state index contributed by atoms with van der Waals surface area (Å²) >= 11 is 2.52. The van der Waals surface area contributed by atoms with Crippen molar-refractivity contribution in [2.45, 2.75) is 16.6 Å². The van der Waals surface area contributed by atoms with Gasteiger partial charge in [-0.1, -0.05) is 0 Å².